The van der Waals surface area contributed by atoms with E-state index >= 15 is 0 Å². The first-order valence-electron chi connectivity index (χ1n) is 7.09. The van der Waals surface area contributed by atoms with Crippen molar-refractivity contribution in [1.29, 1.82) is 0 Å². The quantitative estimate of drug-likeness (QED) is 0.913. The molecule has 1 atom stereocenters. The van der Waals surface area contributed by atoms with Crippen LogP contribution in [0.15, 0.2) is 30.6 Å². The summed E-state index contributed by atoms with van der Waals surface area (Å²) in [7, 11) is 0. The van der Waals surface area contributed by atoms with Gasteiger partial charge < -0.3 is 24.1 Å². The normalized spacial score (nSPS) is 18.8. The summed E-state index contributed by atoms with van der Waals surface area (Å²) in [4.78, 5) is 16.4. The van der Waals surface area contributed by atoms with E-state index in [1.807, 2.05) is 10.8 Å². The van der Waals surface area contributed by atoms with Crippen molar-refractivity contribution in [1.82, 2.24) is 14.9 Å². The molecule has 0 fully saturated rings. The second-order valence-corrected chi connectivity index (χ2v) is 5.21. The van der Waals surface area contributed by atoms with E-state index in [9.17, 15) is 4.79 Å². The molecule has 2 aliphatic heterocycles. The number of fused-ring (bicyclic) bond motifs is 2. The third-order valence-electron chi connectivity index (χ3n) is 3.78. The van der Waals surface area contributed by atoms with Crippen LogP contribution in [-0.4, -0.2) is 34.9 Å². The fourth-order valence-electron chi connectivity index (χ4n) is 2.58. The van der Waals surface area contributed by atoms with E-state index in [1.165, 1.54) is 0 Å². The minimum Gasteiger partial charge on any atom is -0.454 e. The molecule has 0 aliphatic carbocycles. The van der Waals surface area contributed by atoms with Gasteiger partial charge in [0.15, 0.2) is 11.5 Å². The first kappa shape index (κ1) is 13.1. The molecular formula is C15H15N3O4. The highest BCUT2D eigenvalue weighted by atomic mass is 16.7. The van der Waals surface area contributed by atoms with E-state index in [2.05, 4.69) is 10.3 Å². The van der Waals surface area contributed by atoms with E-state index in [0.29, 0.717) is 36.8 Å². The molecule has 0 saturated heterocycles. The summed E-state index contributed by atoms with van der Waals surface area (Å²) < 4.78 is 18.2. The van der Waals surface area contributed by atoms with Gasteiger partial charge >= 0.3 is 0 Å². The van der Waals surface area contributed by atoms with Crippen LogP contribution >= 0.6 is 0 Å². The van der Waals surface area contributed by atoms with Crippen molar-refractivity contribution in [3.63, 3.8) is 0 Å². The monoisotopic (exact) mass is 301 g/mol. The molecule has 0 saturated carbocycles. The lowest BCUT2D eigenvalue weighted by Crippen LogP contribution is -2.38. The van der Waals surface area contributed by atoms with Gasteiger partial charge in [0, 0.05) is 24.5 Å². The Bertz CT molecular complexity index is 713. The summed E-state index contributed by atoms with van der Waals surface area (Å²) in [5, 5.41) is 2.89. The van der Waals surface area contributed by atoms with Crippen LogP contribution in [-0.2, 0) is 17.9 Å². The van der Waals surface area contributed by atoms with E-state index in [0.717, 1.165) is 5.82 Å². The second kappa shape index (κ2) is 5.34. The number of carbonyl (C=O) groups is 1. The predicted molar refractivity (Wildman–Crippen MR) is 75.7 cm³/mol. The average molecular weight is 301 g/mol. The molecule has 2 aromatic rings. The van der Waals surface area contributed by atoms with Gasteiger partial charge in [0.05, 0.1) is 12.6 Å². The number of nitrogens with one attached hydrogen (secondary N) is 1. The number of rotatable bonds is 3. The number of hydrogen-bond donors (Lipinski definition) is 1. The summed E-state index contributed by atoms with van der Waals surface area (Å²) in [5.41, 5.74) is 0.545. The molecule has 7 nitrogen and oxygen atoms in total. The van der Waals surface area contributed by atoms with Crippen LogP contribution in [0.3, 0.4) is 0 Å². The number of benzene rings is 1. The number of carbonyl (C=O) groups excluding carboxylic acids is 1. The Morgan fingerprint density at radius 1 is 1.36 bits per heavy atom. The highest BCUT2D eigenvalue weighted by Crippen LogP contribution is 2.32. The maximum absolute atomic E-state index is 12.2. The van der Waals surface area contributed by atoms with Crippen LogP contribution in [0.1, 0.15) is 16.2 Å². The highest BCUT2D eigenvalue weighted by Gasteiger charge is 2.21. The minimum absolute atomic E-state index is 0.0559. The fraction of sp³-hybridized carbons (Fsp3) is 0.333. The largest absolute Gasteiger partial charge is 0.454 e. The number of amides is 1. The zero-order chi connectivity index (χ0) is 14.9. The summed E-state index contributed by atoms with van der Waals surface area (Å²) in [6, 6.07) is 5.15. The maximum Gasteiger partial charge on any atom is 0.251 e. The first-order valence-corrected chi connectivity index (χ1v) is 7.09. The Morgan fingerprint density at radius 3 is 3.23 bits per heavy atom. The molecule has 1 amide bonds. The zero-order valence-electron chi connectivity index (χ0n) is 11.8. The van der Waals surface area contributed by atoms with Crippen molar-refractivity contribution >= 4 is 5.91 Å². The van der Waals surface area contributed by atoms with E-state index < -0.39 is 0 Å². The van der Waals surface area contributed by atoms with Gasteiger partial charge in [-0.05, 0) is 18.2 Å². The lowest BCUT2D eigenvalue weighted by atomic mass is 10.2. The molecule has 3 heterocycles. The van der Waals surface area contributed by atoms with Crippen LogP contribution < -0.4 is 14.8 Å². The molecule has 0 bridgehead atoms. The summed E-state index contributed by atoms with van der Waals surface area (Å²) in [5.74, 6) is 2.03. The Kier molecular flexibility index (Phi) is 3.19. The van der Waals surface area contributed by atoms with Crippen molar-refractivity contribution in [2.24, 2.45) is 0 Å². The van der Waals surface area contributed by atoms with E-state index in [1.54, 1.807) is 24.4 Å². The Morgan fingerprint density at radius 2 is 2.27 bits per heavy atom. The van der Waals surface area contributed by atoms with Gasteiger partial charge in [-0.25, -0.2) is 4.98 Å². The molecule has 0 unspecified atom stereocenters. The average Bonchev–Trinajstić information content (AvgIpc) is 3.19. The molecule has 1 aromatic heterocycles. The van der Waals surface area contributed by atoms with Gasteiger partial charge in [0.2, 0.25) is 6.79 Å². The standard InChI is InChI=1S/C15H15N3O4/c19-15(10-1-2-12-13(5-10)22-9-21-12)17-6-11-7-18-4-3-16-14(18)8-20-11/h1-5,11H,6-9H2,(H,17,19)/t11-/m0/s1. The van der Waals surface area contributed by atoms with Gasteiger partial charge in [0.1, 0.15) is 12.4 Å². The molecule has 0 radical (unpaired) electrons. The molecule has 4 rings (SSSR count). The lowest BCUT2D eigenvalue weighted by Gasteiger charge is -2.24. The molecular weight excluding hydrogens is 286 g/mol. The third-order valence-corrected chi connectivity index (χ3v) is 3.78. The molecule has 2 aliphatic rings. The Balaban J connectivity index is 1.37. The third kappa shape index (κ3) is 2.39. The first-order chi connectivity index (χ1) is 10.8. The summed E-state index contributed by atoms with van der Waals surface area (Å²) >= 11 is 0. The predicted octanol–water partition coefficient (Wildman–Crippen LogP) is 0.941. The smallest absolute Gasteiger partial charge is 0.251 e. The molecule has 0 spiro atoms. The van der Waals surface area contributed by atoms with Gasteiger partial charge in [-0.1, -0.05) is 0 Å². The molecule has 7 heteroatoms. The van der Waals surface area contributed by atoms with Crippen LogP contribution in [0.2, 0.25) is 0 Å². The summed E-state index contributed by atoms with van der Waals surface area (Å²) in [6.45, 7) is 1.81. The Labute approximate surface area is 126 Å². The molecule has 1 N–H and O–H groups in total. The van der Waals surface area contributed by atoms with Crippen LogP contribution in [0, 0.1) is 0 Å². The van der Waals surface area contributed by atoms with Crippen LogP contribution in [0.25, 0.3) is 0 Å². The van der Waals surface area contributed by atoms with E-state index in [-0.39, 0.29) is 18.8 Å². The Hall–Kier alpha value is -2.54. The van der Waals surface area contributed by atoms with Crippen molar-refractivity contribution < 1.29 is 19.0 Å². The van der Waals surface area contributed by atoms with Gasteiger partial charge in [0.25, 0.3) is 5.91 Å². The fourth-order valence-corrected chi connectivity index (χ4v) is 2.58. The number of aromatic nitrogens is 2. The van der Waals surface area contributed by atoms with Gasteiger partial charge in [-0.3, -0.25) is 4.79 Å². The van der Waals surface area contributed by atoms with Crippen molar-refractivity contribution in [3.8, 4) is 11.5 Å². The number of imidazole rings is 1. The molecule has 114 valence electrons. The van der Waals surface area contributed by atoms with Crippen molar-refractivity contribution in [3.05, 3.63) is 42.0 Å². The summed E-state index contributed by atoms with van der Waals surface area (Å²) in [6.07, 6.45) is 3.62. The van der Waals surface area contributed by atoms with Crippen LogP contribution in [0.5, 0.6) is 11.5 Å². The van der Waals surface area contributed by atoms with Gasteiger partial charge in [-0.15, -0.1) is 0 Å². The minimum atomic E-state index is -0.154. The van der Waals surface area contributed by atoms with Crippen molar-refractivity contribution in [2.75, 3.05) is 13.3 Å². The molecule has 22 heavy (non-hydrogen) atoms. The van der Waals surface area contributed by atoms with Crippen molar-refractivity contribution in [2.45, 2.75) is 19.3 Å². The molecule has 1 aromatic carbocycles. The SMILES string of the molecule is O=C(NC[C@H]1Cn2ccnc2CO1)c1ccc2c(c1)OCO2. The maximum atomic E-state index is 12.2. The zero-order valence-corrected chi connectivity index (χ0v) is 11.8. The highest BCUT2D eigenvalue weighted by molar-refractivity contribution is 5.94. The van der Waals surface area contributed by atoms with E-state index in [4.69, 9.17) is 14.2 Å². The van der Waals surface area contributed by atoms with Crippen LogP contribution in [0.4, 0.5) is 0 Å². The topological polar surface area (TPSA) is 74.6 Å². The number of ether oxygens (including phenoxy) is 3. The number of nitrogens with zero attached hydrogens (tertiary/aromatic N) is 2. The van der Waals surface area contributed by atoms with Gasteiger partial charge in [-0.2, -0.15) is 0 Å². The number of hydrogen-bond acceptors (Lipinski definition) is 5. The second-order valence-electron chi connectivity index (χ2n) is 5.21. The lowest BCUT2D eigenvalue weighted by molar-refractivity contribution is 0.00327.